The molecule has 0 radical (unpaired) electrons. The minimum absolute atomic E-state index is 0.0503. The van der Waals surface area contributed by atoms with Crippen LogP contribution in [-0.4, -0.2) is 89.2 Å². The molecule has 0 saturated carbocycles. The number of rotatable bonds is 21. The molecular weight excluding hydrogens is 532 g/mol. The van der Waals surface area contributed by atoms with E-state index in [0.717, 1.165) is 0 Å². The Balaban J connectivity index is 2.49. The molecule has 0 heterocycles. The molecule has 0 fully saturated rings. The van der Waals surface area contributed by atoms with Gasteiger partial charge in [0.1, 0.15) is 5.75 Å². The second-order valence-corrected chi connectivity index (χ2v) is 7.64. The maximum Gasteiger partial charge on any atom is 0.206 e. The standard InChI is InChI=1S/C27H36O13/c1-29-13-35-22-12-24(37-15-31-3)23(36-14-30-2)11-20(22)21(28)8-7-19-9-25(38-16-32-4)27(40-18-34-6)26(10-19)39-17-33-5/h7-12H,13-18H2,1-6H3/b8-7+. The molecule has 13 heteroatoms. The van der Waals surface area contributed by atoms with Crippen molar-refractivity contribution in [3.63, 3.8) is 0 Å². The molecule has 0 bridgehead atoms. The molecule has 222 valence electrons. The van der Waals surface area contributed by atoms with Crippen molar-refractivity contribution in [3.8, 4) is 34.5 Å². The lowest BCUT2D eigenvalue weighted by molar-refractivity contribution is 0.0218. The average molecular weight is 569 g/mol. The second-order valence-electron chi connectivity index (χ2n) is 7.64. The summed E-state index contributed by atoms with van der Waals surface area (Å²) in [6, 6.07) is 6.32. The summed E-state index contributed by atoms with van der Waals surface area (Å²) in [5, 5.41) is 0. The predicted molar refractivity (Wildman–Crippen MR) is 141 cm³/mol. The van der Waals surface area contributed by atoms with Crippen LogP contribution in [0.3, 0.4) is 0 Å². The van der Waals surface area contributed by atoms with E-state index in [4.69, 9.17) is 56.8 Å². The lowest BCUT2D eigenvalue weighted by Gasteiger charge is -2.17. The smallest absolute Gasteiger partial charge is 0.206 e. The normalized spacial score (nSPS) is 10.9. The largest absolute Gasteiger partial charge is 0.467 e. The van der Waals surface area contributed by atoms with Crippen molar-refractivity contribution >= 4 is 11.9 Å². The monoisotopic (exact) mass is 568 g/mol. The third-order valence-corrected chi connectivity index (χ3v) is 4.76. The molecule has 0 aromatic heterocycles. The number of hydrogen-bond donors (Lipinski definition) is 0. The lowest BCUT2D eigenvalue weighted by Crippen LogP contribution is -2.09. The van der Waals surface area contributed by atoms with E-state index < -0.39 is 5.78 Å². The Morgan fingerprint density at radius 2 is 0.925 bits per heavy atom. The minimum atomic E-state index is -0.398. The highest BCUT2D eigenvalue weighted by molar-refractivity contribution is 6.09. The number of carbonyl (C=O) groups is 1. The summed E-state index contributed by atoms with van der Waals surface area (Å²) < 4.78 is 63.9. The second kappa shape index (κ2) is 18.7. The van der Waals surface area contributed by atoms with Crippen LogP contribution < -0.4 is 28.4 Å². The highest BCUT2D eigenvalue weighted by Gasteiger charge is 2.19. The molecule has 0 aliphatic carbocycles. The first kappa shape index (κ1) is 32.6. The molecular formula is C27H36O13. The van der Waals surface area contributed by atoms with Crippen molar-refractivity contribution in [2.45, 2.75) is 0 Å². The molecule has 0 amide bonds. The number of allylic oxidation sites excluding steroid dienone is 1. The van der Waals surface area contributed by atoms with Crippen molar-refractivity contribution in [2.24, 2.45) is 0 Å². The Kier molecular flexibility index (Phi) is 15.2. The van der Waals surface area contributed by atoms with Gasteiger partial charge in [0.15, 0.2) is 69.5 Å². The van der Waals surface area contributed by atoms with Crippen molar-refractivity contribution in [2.75, 3.05) is 83.4 Å². The molecule has 0 N–H and O–H groups in total. The summed E-state index contributed by atoms with van der Waals surface area (Å²) in [6.45, 7) is -0.387. The highest BCUT2D eigenvalue weighted by Crippen LogP contribution is 2.40. The van der Waals surface area contributed by atoms with Crippen LogP contribution in [0.25, 0.3) is 6.08 Å². The molecule has 0 aliphatic rings. The van der Waals surface area contributed by atoms with Crippen molar-refractivity contribution in [3.05, 3.63) is 41.5 Å². The Hall–Kier alpha value is -3.59. The quantitative estimate of drug-likeness (QED) is 0.124. The third kappa shape index (κ3) is 10.2. The number of hydrogen-bond acceptors (Lipinski definition) is 13. The molecule has 40 heavy (non-hydrogen) atoms. The van der Waals surface area contributed by atoms with Crippen molar-refractivity contribution in [1.82, 2.24) is 0 Å². The molecule has 0 aliphatic heterocycles. The molecule has 13 nitrogen and oxygen atoms in total. The number of ketones is 1. The van der Waals surface area contributed by atoms with Gasteiger partial charge < -0.3 is 56.8 Å². The van der Waals surface area contributed by atoms with Gasteiger partial charge >= 0.3 is 0 Å². The number of methoxy groups -OCH3 is 6. The van der Waals surface area contributed by atoms with Gasteiger partial charge in [0.25, 0.3) is 0 Å². The summed E-state index contributed by atoms with van der Waals surface area (Å²) >= 11 is 0. The first-order valence-corrected chi connectivity index (χ1v) is 11.8. The maximum absolute atomic E-state index is 13.4. The fourth-order valence-electron chi connectivity index (χ4n) is 3.12. The van der Waals surface area contributed by atoms with Crippen LogP contribution in [0, 0.1) is 0 Å². The van der Waals surface area contributed by atoms with E-state index in [2.05, 4.69) is 0 Å². The van der Waals surface area contributed by atoms with Crippen LogP contribution in [-0.2, 0) is 28.4 Å². The Labute approximate surface area is 233 Å². The topological polar surface area (TPSA) is 128 Å². The minimum Gasteiger partial charge on any atom is -0.467 e. The van der Waals surface area contributed by atoms with E-state index in [-0.39, 0.29) is 69.3 Å². The summed E-state index contributed by atoms with van der Waals surface area (Å²) in [7, 11) is 8.88. The molecule has 0 atom stereocenters. The summed E-state index contributed by atoms with van der Waals surface area (Å²) in [4.78, 5) is 13.4. The van der Waals surface area contributed by atoms with Crippen LogP contribution in [0.2, 0.25) is 0 Å². The molecule has 0 spiro atoms. The van der Waals surface area contributed by atoms with Gasteiger partial charge in [-0.1, -0.05) is 6.08 Å². The van der Waals surface area contributed by atoms with Gasteiger partial charge in [-0.15, -0.1) is 0 Å². The van der Waals surface area contributed by atoms with Crippen LogP contribution in [0.4, 0.5) is 0 Å². The van der Waals surface area contributed by atoms with Crippen LogP contribution >= 0.6 is 0 Å². The van der Waals surface area contributed by atoms with E-state index in [1.165, 1.54) is 60.9 Å². The van der Waals surface area contributed by atoms with Gasteiger partial charge in [0.05, 0.1) is 5.56 Å². The van der Waals surface area contributed by atoms with Gasteiger partial charge in [-0.05, 0) is 29.8 Å². The first-order valence-electron chi connectivity index (χ1n) is 11.8. The van der Waals surface area contributed by atoms with Crippen LogP contribution in [0.15, 0.2) is 30.3 Å². The Morgan fingerprint density at radius 3 is 1.40 bits per heavy atom. The van der Waals surface area contributed by atoms with Crippen LogP contribution in [0.5, 0.6) is 34.5 Å². The van der Waals surface area contributed by atoms with E-state index in [1.54, 1.807) is 18.2 Å². The summed E-state index contributed by atoms with van der Waals surface area (Å²) in [5.74, 6) is 1.25. The van der Waals surface area contributed by atoms with Gasteiger partial charge in [-0.3, -0.25) is 4.79 Å². The third-order valence-electron chi connectivity index (χ3n) is 4.76. The Morgan fingerprint density at radius 1 is 0.525 bits per heavy atom. The number of carbonyl (C=O) groups excluding carboxylic acids is 1. The maximum atomic E-state index is 13.4. The van der Waals surface area contributed by atoms with Gasteiger partial charge in [0.2, 0.25) is 5.75 Å². The van der Waals surface area contributed by atoms with E-state index >= 15 is 0 Å². The van der Waals surface area contributed by atoms with E-state index in [0.29, 0.717) is 17.1 Å². The highest BCUT2D eigenvalue weighted by atomic mass is 16.7. The van der Waals surface area contributed by atoms with Gasteiger partial charge in [0, 0.05) is 48.7 Å². The molecule has 2 aromatic rings. The van der Waals surface area contributed by atoms with E-state index in [1.807, 2.05) is 0 Å². The number of benzene rings is 2. The van der Waals surface area contributed by atoms with Crippen molar-refractivity contribution < 1.29 is 61.6 Å². The zero-order valence-electron chi connectivity index (χ0n) is 23.5. The average Bonchev–Trinajstić information content (AvgIpc) is 2.97. The predicted octanol–water partition coefficient (Wildman–Crippen LogP) is 3.48. The Bertz CT molecular complexity index is 1040. The number of ether oxygens (including phenoxy) is 12. The molecule has 0 saturated heterocycles. The fraction of sp³-hybridized carbons (Fsp3) is 0.444. The summed E-state index contributed by atoms with van der Waals surface area (Å²) in [6.07, 6.45) is 2.93. The fourth-order valence-corrected chi connectivity index (χ4v) is 3.12. The first-order chi connectivity index (χ1) is 19.5. The molecule has 2 rings (SSSR count). The molecule has 0 unspecified atom stereocenters. The molecule has 2 aromatic carbocycles. The van der Waals surface area contributed by atoms with Gasteiger partial charge in [-0.25, -0.2) is 0 Å². The lowest BCUT2D eigenvalue weighted by atomic mass is 10.1. The SMILES string of the molecule is COCOc1cc(OCOC)c(C(=O)/C=C/c2cc(OCOC)c(OCOC)c(OCOC)c2)cc1OCOC. The van der Waals surface area contributed by atoms with Gasteiger partial charge in [-0.2, -0.15) is 0 Å². The van der Waals surface area contributed by atoms with Crippen LogP contribution in [0.1, 0.15) is 15.9 Å². The zero-order valence-corrected chi connectivity index (χ0v) is 23.5. The van der Waals surface area contributed by atoms with E-state index in [9.17, 15) is 4.79 Å². The zero-order chi connectivity index (χ0) is 29.2. The summed E-state index contributed by atoms with van der Waals surface area (Å²) in [5.41, 5.74) is 0.751. The van der Waals surface area contributed by atoms with Crippen molar-refractivity contribution in [1.29, 1.82) is 0 Å².